The Morgan fingerprint density at radius 3 is 2.44 bits per heavy atom. The molecule has 5 heteroatoms. The van der Waals surface area contributed by atoms with Crippen LogP contribution in [-0.2, 0) is 0 Å². The van der Waals surface area contributed by atoms with E-state index in [-0.39, 0.29) is 11.5 Å². The molecular formula is C20H14O4S. The standard InChI is InChI=1S/C20H14O4S/c1-11-8-14(23)9-16-18(17-7-6-15(10-21)25-17)20(24-19(11)16)12-2-4-13(22)5-3-12/h2-10,22-23H,1H3. The summed E-state index contributed by atoms with van der Waals surface area (Å²) < 4.78 is 6.13. The summed E-state index contributed by atoms with van der Waals surface area (Å²) in [5, 5.41) is 20.4. The normalized spacial score (nSPS) is 11.1. The van der Waals surface area contributed by atoms with Crippen LogP contribution in [0.5, 0.6) is 11.5 Å². The quantitative estimate of drug-likeness (QED) is 0.488. The van der Waals surface area contributed by atoms with Crippen LogP contribution in [0.25, 0.3) is 32.7 Å². The van der Waals surface area contributed by atoms with Crippen molar-refractivity contribution in [1.29, 1.82) is 0 Å². The Kier molecular flexibility index (Phi) is 3.58. The molecule has 2 aromatic carbocycles. The van der Waals surface area contributed by atoms with E-state index < -0.39 is 0 Å². The maximum absolute atomic E-state index is 11.1. The number of aromatic hydroxyl groups is 2. The topological polar surface area (TPSA) is 70.7 Å². The van der Waals surface area contributed by atoms with Crippen molar-refractivity contribution < 1.29 is 19.4 Å². The molecule has 0 saturated heterocycles. The Bertz CT molecular complexity index is 1090. The second-order valence-corrected chi connectivity index (χ2v) is 6.93. The lowest BCUT2D eigenvalue weighted by Crippen LogP contribution is -1.78. The Hall–Kier alpha value is -3.05. The summed E-state index contributed by atoms with van der Waals surface area (Å²) in [5.74, 6) is 0.981. The van der Waals surface area contributed by atoms with E-state index in [9.17, 15) is 15.0 Å². The van der Waals surface area contributed by atoms with Crippen molar-refractivity contribution in [2.45, 2.75) is 6.92 Å². The first-order valence-electron chi connectivity index (χ1n) is 7.67. The number of aldehydes is 1. The van der Waals surface area contributed by atoms with Gasteiger partial charge in [-0.15, -0.1) is 11.3 Å². The summed E-state index contributed by atoms with van der Waals surface area (Å²) in [5.41, 5.74) is 3.16. The van der Waals surface area contributed by atoms with Gasteiger partial charge in [-0.2, -0.15) is 0 Å². The van der Waals surface area contributed by atoms with E-state index in [2.05, 4.69) is 0 Å². The maximum Gasteiger partial charge on any atom is 0.160 e. The molecule has 2 N–H and O–H groups in total. The highest BCUT2D eigenvalue weighted by Crippen LogP contribution is 2.45. The van der Waals surface area contributed by atoms with E-state index in [1.54, 1.807) is 42.5 Å². The molecule has 124 valence electrons. The Morgan fingerprint density at radius 1 is 1.00 bits per heavy atom. The molecule has 0 aliphatic heterocycles. The summed E-state index contributed by atoms with van der Waals surface area (Å²) >= 11 is 1.37. The van der Waals surface area contributed by atoms with E-state index in [1.807, 2.05) is 13.0 Å². The first kappa shape index (κ1) is 15.5. The van der Waals surface area contributed by atoms with E-state index in [0.29, 0.717) is 16.2 Å². The molecule has 4 rings (SSSR count). The van der Waals surface area contributed by atoms with Crippen LogP contribution in [0, 0.1) is 6.92 Å². The molecule has 0 atom stereocenters. The molecule has 2 aromatic heterocycles. The smallest absolute Gasteiger partial charge is 0.160 e. The lowest BCUT2D eigenvalue weighted by molar-refractivity contribution is 0.112. The van der Waals surface area contributed by atoms with Gasteiger partial charge in [-0.25, -0.2) is 0 Å². The van der Waals surface area contributed by atoms with Crippen LogP contribution in [0.3, 0.4) is 0 Å². The van der Waals surface area contributed by atoms with E-state index in [4.69, 9.17) is 4.42 Å². The first-order valence-corrected chi connectivity index (χ1v) is 8.49. The van der Waals surface area contributed by atoms with E-state index in [0.717, 1.165) is 33.2 Å². The van der Waals surface area contributed by atoms with Gasteiger partial charge >= 0.3 is 0 Å². The maximum atomic E-state index is 11.1. The molecule has 0 aliphatic rings. The van der Waals surface area contributed by atoms with Gasteiger partial charge in [0.2, 0.25) is 0 Å². The zero-order valence-electron chi connectivity index (χ0n) is 13.3. The highest BCUT2D eigenvalue weighted by Gasteiger charge is 2.21. The predicted octanol–water partition coefficient (Wildman–Crippen LogP) is 5.36. The van der Waals surface area contributed by atoms with Crippen molar-refractivity contribution in [1.82, 2.24) is 0 Å². The van der Waals surface area contributed by atoms with Crippen LogP contribution < -0.4 is 0 Å². The summed E-state index contributed by atoms with van der Waals surface area (Å²) in [7, 11) is 0. The number of fused-ring (bicyclic) bond motifs is 1. The molecule has 4 nitrogen and oxygen atoms in total. The molecule has 2 heterocycles. The van der Waals surface area contributed by atoms with Crippen LogP contribution in [0.4, 0.5) is 0 Å². The number of carbonyl (C=O) groups excluding carboxylic acids is 1. The molecule has 0 fully saturated rings. The molecule has 0 unspecified atom stereocenters. The van der Waals surface area contributed by atoms with Gasteiger partial charge in [0, 0.05) is 21.4 Å². The summed E-state index contributed by atoms with van der Waals surface area (Å²) in [6.07, 6.45) is 0.819. The number of benzene rings is 2. The molecule has 0 bridgehead atoms. The molecule has 0 amide bonds. The third-order valence-electron chi connectivity index (χ3n) is 4.08. The van der Waals surface area contributed by atoms with Gasteiger partial charge in [0.15, 0.2) is 6.29 Å². The monoisotopic (exact) mass is 350 g/mol. The SMILES string of the molecule is Cc1cc(O)cc2c(-c3ccc(C=O)s3)c(-c3ccc(O)cc3)oc12. The van der Waals surface area contributed by atoms with E-state index in [1.165, 1.54) is 11.3 Å². The molecule has 0 aliphatic carbocycles. The third kappa shape index (κ3) is 2.58. The van der Waals surface area contributed by atoms with Crippen molar-refractivity contribution in [3.05, 3.63) is 59.0 Å². The Morgan fingerprint density at radius 2 is 1.76 bits per heavy atom. The van der Waals surface area contributed by atoms with Gasteiger partial charge < -0.3 is 14.6 Å². The number of aryl methyl sites for hydroxylation is 1. The van der Waals surface area contributed by atoms with Gasteiger partial charge in [-0.1, -0.05) is 0 Å². The first-order chi connectivity index (χ1) is 12.1. The number of thiophene rings is 1. The largest absolute Gasteiger partial charge is 0.508 e. The molecule has 0 saturated carbocycles. The second-order valence-electron chi connectivity index (χ2n) is 5.81. The van der Waals surface area contributed by atoms with Crippen molar-refractivity contribution >= 4 is 28.6 Å². The minimum Gasteiger partial charge on any atom is -0.508 e. The third-order valence-corrected chi connectivity index (χ3v) is 5.11. The zero-order valence-corrected chi connectivity index (χ0v) is 14.1. The van der Waals surface area contributed by atoms with Gasteiger partial charge in [-0.3, -0.25) is 4.79 Å². The highest BCUT2D eigenvalue weighted by atomic mass is 32.1. The molecule has 4 aromatic rings. The van der Waals surface area contributed by atoms with Gasteiger partial charge in [-0.05, 0) is 61.0 Å². The number of rotatable bonds is 3. The average Bonchev–Trinajstić information content (AvgIpc) is 3.19. The predicted molar refractivity (Wildman–Crippen MR) is 98.4 cm³/mol. The van der Waals surface area contributed by atoms with Crippen LogP contribution in [-0.4, -0.2) is 16.5 Å². The number of carbonyl (C=O) groups is 1. The van der Waals surface area contributed by atoms with Crippen LogP contribution in [0.1, 0.15) is 15.2 Å². The molecule has 0 spiro atoms. The van der Waals surface area contributed by atoms with Crippen molar-refractivity contribution in [2.24, 2.45) is 0 Å². The summed E-state index contributed by atoms with van der Waals surface area (Å²) in [6.45, 7) is 1.88. The zero-order chi connectivity index (χ0) is 17.6. The van der Waals surface area contributed by atoms with Crippen molar-refractivity contribution in [3.8, 4) is 33.3 Å². The lowest BCUT2D eigenvalue weighted by atomic mass is 10.0. The minimum atomic E-state index is 0.163. The fourth-order valence-corrected chi connectivity index (χ4v) is 3.84. The fraction of sp³-hybridized carbons (Fsp3) is 0.0500. The Balaban J connectivity index is 2.07. The lowest BCUT2D eigenvalue weighted by Gasteiger charge is -2.02. The van der Waals surface area contributed by atoms with Gasteiger partial charge in [0.05, 0.1) is 4.88 Å². The van der Waals surface area contributed by atoms with Crippen LogP contribution in [0.2, 0.25) is 0 Å². The van der Waals surface area contributed by atoms with Crippen LogP contribution >= 0.6 is 11.3 Å². The van der Waals surface area contributed by atoms with E-state index >= 15 is 0 Å². The second kappa shape index (κ2) is 5.79. The van der Waals surface area contributed by atoms with Gasteiger partial charge in [0.1, 0.15) is 22.8 Å². The molecule has 25 heavy (non-hydrogen) atoms. The fourth-order valence-electron chi connectivity index (χ4n) is 2.96. The number of furan rings is 1. The number of phenolic OH excluding ortho intramolecular Hbond substituents is 2. The van der Waals surface area contributed by atoms with Crippen molar-refractivity contribution in [3.63, 3.8) is 0 Å². The molecule has 0 radical (unpaired) electrons. The molecular weight excluding hydrogens is 336 g/mol. The summed E-state index contributed by atoms with van der Waals surface area (Å²) in [6, 6.07) is 13.7. The Labute approximate surface area is 147 Å². The van der Waals surface area contributed by atoms with Gasteiger partial charge in [0.25, 0.3) is 0 Å². The number of hydrogen-bond acceptors (Lipinski definition) is 5. The van der Waals surface area contributed by atoms with Crippen LogP contribution in [0.15, 0.2) is 52.9 Å². The van der Waals surface area contributed by atoms with Crippen molar-refractivity contribution in [2.75, 3.05) is 0 Å². The minimum absolute atomic E-state index is 0.163. The number of phenols is 2. The number of hydrogen-bond donors (Lipinski definition) is 2. The highest BCUT2D eigenvalue weighted by molar-refractivity contribution is 7.17. The average molecular weight is 350 g/mol. The summed E-state index contributed by atoms with van der Waals surface area (Å²) in [4.78, 5) is 12.6.